The van der Waals surface area contributed by atoms with Crippen LogP contribution in [0.3, 0.4) is 0 Å². The normalized spacial score (nSPS) is 20.6. The van der Waals surface area contributed by atoms with E-state index in [0.717, 1.165) is 0 Å². The summed E-state index contributed by atoms with van der Waals surface area (Å²) in [6, 6.07) is 9.14. The number of halogens is 3. The number of fused-ring (bicyclic) bond motifs is 1. The molecule has 0 saturated heterocycles. The number of nitrogens with one attached hydrogen (secondary N) is 2. The van der Waals surface area contributed by atoms with Crippen molar-refractivity contribution in [1.29, 1.82) is 0 Å². The average Bonchev–Trinajstić information content (AvgIpc) is 3.08. The zero-order chi connectivity index (χ0) is 19.9. The molecule has 28 heavy (non-hydrogen) atoms. The van der Waals surface area contributed by atoms with Gasteiger partial charge in [0.15, 0.2) is 0 Å². The van der Waals surface area contributed by atoms with Gasteiger partial charge < -0.3 is 15.4 Å². The molecule has 1 aliphatic rings. The quantitative estimate of drug-likeness (QED) is 0.638. The molecule has 1 aliphatic carbocycles. The van der Waals surface area contributed by atoms with Crippen LogP contribution >= 0.6 is 0 Å². The maximum atomic E-state index is 12.8. The molecule has 1 aromatic carbocycles. The van der Waals surface area contributed by atoms with Gasteiger partial charge in [0.25, 0.3) is 5.91 Å². The molecule has 146 valence electrons. The number of nitrogens with zero attached hydrogens (tertiary/aromatic N) is 2. The first-order valence-electron chi connectivity index (χ1n) is 8.78. The number of alkyl halides is 3. The highest BCUT2D eigenvalue weighted by atomic mass is 19.4. The number of aliphatic hydroxyl groups excluding tert-OH is 1. The number of rotatable bonds is 4. The summed E-state index contributed by atoms with van der Waals surface area (Å²) in [4.78, 5) is 22.7. The summed E-state index contributed by atoms with van der Waals surface area (Å²) in [5, 5.41) is 12.5. The number of carbonyl (C=O) groups is 1. The Hall–Kier alpha value is -2.94. The van der Waals surface area contributed by atoms with Crippen molar-refractivity contribution in [2.45, 2.75) is 31.2 Å². The molecule has 0 bridgehead atoms. The lowest BCUT2D eigenvalue weighted by Gasteiger charge is -2.37. The van der Waals surface area contributed by atoms with E-state index in [1.807, 2.05) is 6.07 Å². The van der Waals surface area contributed by atoms with Gasteiger partial charge in [-0.2, -0.15) is 13.2 Å². The Morgan fingerprint density at radius 1 is 1.25 bits per heavy atom. The second-order valence-electron chi connectivity index (χ2n) is 6.91. The van der Waals surface area contributed by atoms with Crippen LogP contribution in [-0.4, -0.2) is 32.1 Å². The Labute approximate surface area is 157 Å². The first-order chi connectivity index (χ1) is 13.3. The number of aliphatic hydroxyl groups is 1. The number of carbonyl (C=O) groups excluding carboxylic acids is 1. The molecule has 3 N–H and O–H groups in total. The van der Waals surface area contributed by atoms with E-state index in [2.05, 4.69) is 20.3 Å². The summed E-state index contributed by atoms with van der Waals surface area (Å²) in [6.07, 6.45) is -2.25. The van der Waals surface area contributed by atoms with Crippen molar-refractivity contribution < 1.29 is 23.1 Å². The summed E-state index contributed by atoms with van der Waals surface area (Å²) in [5.41, 5.74) is 1.15. The largest absolute Gasteiger partial charge is 0.449 e. The third-order valence-electron chi connectivity index (χ3n) is 4.93. The van der Waals surface area contributed by atoms with E-state index in [4.69, 9.17) is 0 Å². The van der Waals surface area contributed by atoms with Gasteiger partial charge in [-0.25, -0.2) is 4.98 Å². The first-order valence-corrected chi connectivity index (χ1v) is 8.78. The number of aromatic amines is 1. The van der Waals surface area contributed by atoms with Crippen LogP contribution in [0.15, 0.2) is 42.6 Å². The molecule has 6 nitrogen and oxygen atoms in total. The SMILES string of the molecule is O=C(N[C@H](c1ccccn1)C1CC(O)C1)c1ccc2nc(C(F)(F)F)[nH]c2c1. The molecule has 1 fully saturated rings. The highest BCUT2D eigenvalue weighted by molar-refractivity contribution is 5.97. The maximum Gasteiger partial charge on any atom is 0.449 e. The molecular weight excluding hydrogens is 373 g/mol. The fourth-order valence-electron chi connectivity index (χ4n) is 3.40. The average molecular weight is 390 g/mol. The monoisotopic (exact) mass is 390 g/mol. The van der Waals surface area contributed by atoms with Crippen LogP contribution in [0, 0.1) is 5.92 Å². The minimum absolute atomic E-state index is 0.0431. The molecule has 9 heteroatoms. The minimum Gasteiger partial charge on any atom is -0.393 e. The number of aromatic nitrogens is 3. The zero-order valence-corrected chi connectivity index (χ0v) is 14.6. The standard InChI is InChI=1S/C19H17F3N4O2/c20-19(21,22)18-24-13-5-4-10(9-15(13)25-18)17(28)26-16(11-7-12(27)8-11)14-3-1-2-6-23-14/h1-6,9,11-12,16,27H,7-8H2,(H,24,25)(H,26,28)/t11?,12?,16-/m0/s1. The van der Waals surface area contributed by atoms with Crippen LogP contribution in [0.2, 0.25) is 0 Å². The van der Waals surface area contributed by atoms with Crippen LogP contribution in [-0.2, 0) is 6.18 Å². The van der Waals surface area contributed by atoms with E-state index in [1.54, 1.807) is 18.3 Å². The van der Waals surface area contributed by atoms with Gasteiger partial charge >= 0.3 is 6.18 Å². The summed E-state index contributed by atoms with van der Waals surface area (Å²) in [6.45, 7) is 0. The van der Waals surface area contributed by atoms with E-state index in [1.165, 1.54) is 18.2 Å². The van der Waals surface area contributed by atoms with Gasteiger partial charge in [0, 0.05) is 11.8 Å². The minimum atomic E-state index is -4.59. The van der Waals surface area contributed by atoms with Gasteiger partial charge in [-0.05, 0) is 49.1 Å². The van der Waals surface area contributed by atoms with Crippen molar-refractivity contribution >= 4 is 16.9 Å². The number of benzene rings is 1. The van der Waals surface area contributed by atoms with Gasteiger partial charge in [-0.15, -0.1) is 0 Å². The van der Waals surface area contributed by atoms with Crippen LogP contribution < -0.4 is 5.32 Å². The van der Waals surface area contributed by atoms with E-state index in [-0.39, 0.29) is 28.6 Å². The Kier molecular flexibility index (Phi) is 4.54. The number of amides is 1. The molecule has 0 unspecified atom stereocenters. The third-order valence-corrected chi connectivity index (χ3v) is 4.93. The molecular formula is C19H17F3N4O2. The van der Waals surface area contributed by atoms with E-state index < -0.39 is 24.0 Å². The Bertz CT molecular complexity index is 997. The smallest absolute Gasteiger partial charge is 0.393 e. The number of pyridine rings is 1. The van der Waals surface area contributed by atoms with E-state index in [0.29, 0.717) is 18.5 Å². The molecule has 1 atom stereocenters. The highest BCUT2D eigenvalue weighted by Crippen LogP contribution is 2.37. The number of hydrogen-bond acceptors (Lipinski definition) is 4. The van der Waals surface area contributed by atoms with Gasteiger partial charge in [0.2, 0.25) is 5.82 Å². The molecule has 1 amide bonds. The molecule has 3 aromatic rings. The first kappa shape index (κ1) is 18.4. The second-order valence-corrected chi connectivity index (χ2v) is 6.91. The van der Waals surface area contributed by atoms with E-state index in [9.17, 15) is 23.1 Å². The molecule has 4 rings (SSSR count). The van der Waals surface area contributed by atoms with Crippen LogP contribution in [0.1, 0.15) is 40.8 Å². The molecule has 0 spiro atoms. The maximum absolute atomic E-state index is 12.8. The van der Waals surface area contributed by atoms with Gasteiger partial charge in [0.05, 0.1) is 28.9 Å². The van der Waals surface area contributed by atoms with Gasteiger partial charge in [-0.3, -0.25) is 9.78 Å². The van der Waals surface area contributed by atoms with Gasteiger partial charge in [-0.1, -0.05) is 6.07 Å². The lowest BCUT2D eigenvalue weighted by Crippen LogP contribution is -2.41. The third kappa shape index (κ3) is 3.57. The summed E-state index contributed by atoms with van der Waals surface area (Å²) < 4.78 is 38.4. The van der Waals surface area contributed by atoms with Crippen molar-refractivity contribution in [1.82, 2.24) is 20.3 Å². The highest BCUT2D eigenvalue weighted by Gasteiger charge is 2.37. The lowest BCUT2D eigenvalue weighted by molar-refractivity contribution is -0.144. The lowest BCUT2D eigenvalue weighted by atomic mass is 9.76. The van der Waals surface area contributed by atoms with Crippen molar-refractivity contribution in [2.24, 2.45) is 5.92 Å². The fraction of sp³-hybridized carbons (Fsp3) is 0.316. The number of H-pyrrole nitrogens is 1. The van der Waals surface area contributed by atoms with Crippen LogP contribution in [0.5, 0.6) is 0 Å². The second kappa shape index (κ2) is 6.90. The predicted molar refractivity (Wildman–Crippen MR) is 94.3 cm³/mol. The van der Waals surface area contributed by atoms with E-state index >= 15 is 0 Å². The zero-order valence-electron chi connectivity index (χ0n) is 14.6. The Morgan fingerprint density at radius 2 is 2.04 bits per heavy atom. The summed E-state index contributed by atoms with van der Waals surface area (Å²) in [5.74, 6) is -1.49. The van der Waals surface area contributed by atoms with Crippen molar-refractivity contribution in [3.05, 3.63) is 59.7 Å². The number of hydrogen-bond donors (Lipinski definition) is 3. The molecule has 2 heterocycles. The molecule has 0 radical (unpaired) electrons. The number of imidazole rings is 1. The van der Waals surface area contributed by atoms with Crippen LogP contribution in [0.25, 0.3) is 11.0 Å². The van der Waals surface area contributed by atoms with Crippen molar-refractivity contribution in [3.8, 4) is 0 Å². The van der Waals surface area contributed by atoms with Crippen LogP contribution in [0.4, 0.5) is 13.2 Å². The predicted octanol–water partition coefficient (Wildman–Crippen LogP) is 3.22. The Morgan fingerprint density at radius 3 is 2.68 bits per heavy atom. The molecule has 0 aliphatic heterocycles. The summed E-state index contributed by atoms with van der Waals surface area (Å²) in [7, 11) is 0. The molecule has 1 saturated carbocycles. The van der Waals surface area contributed by atoms with Gasteiger partial charge in [0.1, 0.15) is 0 Å². The van der Waals surface area contributed by atoms with Crippen molar-refractivity contribution in [3.63, 3.8) is 0 Å². The topological polar surface area (TPSA) is 90.9 Å². The molecule has 2 aromatic heterocycles. The Balaban J connectivity index is 1.59. The summed E-state index contributed by atoms with van der Waals surface area (Å²) >= 11 is 0. The van der Waals surface area contributed by atoms with Crippen molar-refractivity contribution in [2.75, 3.05) is 0 Å². The fourth-order valence-corrected chi connectivity index (χ4v) is 3.40.